The predicted molar refractivity (Wildman–Crippen MR) is 63.5 cm³/mol. The van der Waals surface area contributed by atoms with Crippen LogP contribution in [0.25, 0.3) is 0 Å². The van der Waals surface area contributed by atoms with Gasteiger partial charge in [-0.25, -0.2) is 8.42 Å². The van der Waals surface area contributed by atoms with E-state index in [1.54, 1.807) is 12.3 Å². The average molecular weight is 259 g/mol. The van der Waals surface area contributed by atoms with Crippen LogP contribution in [0.2, 0.25) is 0 Å². The molecule has 1 N–H and O–H groups in total. The zero-order chi connectivity index (χ0) is 12.2. The topological polar surface area (TPSA) is 57.6 Å². The van der Waals surface area contributed by atoms with Crippen LogP contribution in [0.4, 0.5) is 0 Å². The van der Waals surface area contributed by atoms with Crippen LogP contribution in [0.3, 0.4) is 0 Å². The highest BCUT2D eigenvalue weighted by molar-refractivity contribution is 7.91. The lowest BCUT2D eigenvalue weighted by Crippen LogP contribution is -2.30. The summed E-state index contributed by atoms with van der Waals surface area (Å²) in [5, 5.41) is 10.5. The Morgan fingerprint density at radius 3 is 2.75 bits per heavy atom. The van der Waals surface area contributed by atoms with Crippen molar-refractivity contribution in [3.63, 3.8) is 0 Å². The molecule has 16 heavy (non-hydrogen) atoms. The predicted octanol–water partition coefficient (Wildman–Crippen LogP) is 0.884. The fourth-order valence-electron chi connectivity index (χ4n) is 1.17. The summed E-state index contributed by atoms with van der Waals surface area (Å²) in [6.07, 6.45) is 5.12. The van der Waals surface area contributed by atoms with Gasteiger partial charge in [-0.15, -0.1) is 17.8 Å². The molecule has 0 unspecified atom stereocenters. The summed E-state index contributed by atoms with van der Waals surface area (Å²) in [4.78, 5) is 0. The van der Waals surface area contributed by atoms with Crippen molar-refractivity contribution in [2.24, 2.45) is 0 Å². The maximum absolute atomic E-state index is 12.0. The number of terminal acetylenes is 1. The van der Waals surface area contributed by atoms with Gasteiger partial charge in [0.05, 0.1) is 13.2 Å². The Balaban J connectivity index is 3.05. The number of rotatable bonds is 5. The minimum atomic E-state index is -3.50. The highest BCUT2D eigenvalue weighted by atomic mass is 32.2. The zero-order valence-electron chi connectivity index (χ0n) is 8.88. The minimum Gasteiger partial charge on any atom is -0.392 e. The van der Waals surface area contributed by atoms with E-state index in [9.17, 15) is 8.42 Å². The quantitative estimate of drug-likeness (QED) is 0.799. The number of aliphatic hydroxyl groups excluding tert-OH is 1. The number of aliphatic hydroxyl groups is 1. The fourth-order valence-corrected chi connectivity index (χ4v) is 3.88. The summed E-state index contributed by atoms with van der Waals surface area (Å²) in [7, 11) is -3.50. The number of nitrogens with zero attached hydrogens (tertiary/aromatic N) is 1. The van der Waals surface area contributed by atoms with Crippen LogP contribution >= 0.6 is 11.3 Å². The molecule has 0 aliphatic heterocycles. The molecule has 88 valence electrons. The summed E-state index contributed by atoms with van der Waals surface area (Å²) < 4.78 is 25.5. The second-order valence-corrected chi connectivity index (χ2v) is 6.14. The van der Waals surface area contributed by atoms with Gasteiger partial charge >= 0.3 is 0 Å². The molecule has 1 rings (SSSR count). The average Bonchev–Trinajstić information content (AvgIpc) is 2.74. The van der Waals surface area contributed by atoms with E-state index < -0.39 is 10.0 Å². The first-order chi connectivity index (χ1) is 7.56. The molecule has 0 spiro atoms. The van der Waals surface area contributed by atoms with E-state index in [0.717, 1.165) is 11.3 Å². The first-order valence-corrected chi connectivity index (χ1v) is 7.00. The standard InChI is InChI=1S/C10H13NO3S2/c1-3-5-11(4-2)16(13,14)10-6-9(7-12)8-15-10/h1,6,8,12H,4-5,7H2,2H3. The van der Waals surface area contributed by atoms with Crippen molar-refractivity contribution in [1.82, 2.24) is 4.31 Å². The molecule has 0 fully saturated rings. The van der Waals surface area contributed by atoms with Crippen LogP contribution in [0, 0.1) is 12.3 Å². The van der Waals surface area contributed by atoms with Crippen molar-refractivity contribution < 1.29 is 13.5 Å². The molecule has 1 aromatic rings. The van der Waals surface area contributed by atoms with Gasteiger partial charge in [0, 0.05) is 6.54 Å². The zero-order valence-corrected chi connectivity index (χ0v) is 10.5. The van der Waals surface area contributed by atoms with Gasteiger partial charge in [-0.1, -0.05) is 12.8 Å². The first-order valence-electron chi connectivity index (χ1n) is 4.68. The maximum Gasteiger partial charge on any atom is 0.253 e. The smallest absolute Gasteiger partial charge is 0.253 e. The van der Waals surface area contributed by atoms with Gasteiger partial charge in [-0.05, 0) is 17.0 Å². The van der Waals surface area contributed by atoms with E-state index >= 15 is 0 Å². The third-order valence-electron chi connectivity index (χ3n) is 2.03. The summed E-state index contributed by atoms with van der Waals surface area (Å²) in [6, 6.07) is 1.47. The number of sulfonamides is 1. The highest BCUT2D eigenvalue weighted by Crippen LogP contribution is 2.23. The molecular formula is C10H13NO3S2. The third-order valence-corrected chi connectivity index (χ3v) is 5.41. The van der Waals surface area contributed by atoms with Crippen LogP contribution in [0.15, 0.2) is 15.7 Å². The molecule has 6 heteroatoms. The van der Waals surface area contributed by atoms with Gasteiger partial charge in [0.15, 0.2) is 0 Å². The van der Waals surface area contributed by atoms with Crippen LogP contribution < -0.4 is 0 Å². The number of thiophene rings is 1. The number of hydrogen-bond acceptors (Lipinski definition) is 4. The normalized spacial score (nSPS) is 11.6. The molecule has 1 heterocycles. The first kappa shape index (κ1) is 13.2. The van der Waals surface area contributed by atoms with Crippen molar-refractivity contribution in [1.29, 1.82) is 0 Å². The van der Waals surface area contributed by atoms with E-state index in [-0.39, 0.29) is 17.4 Å². The van der Waals surface area contributed by atoms with E-state index in [2.05, 4.69) is 5.92 Å². The molecule has 0 aliphatic rings. The molecule has 0 aromatic carbocycles. The summed E-state index contributed by atoms with van der Waals surface area (Å²) in [5.41, 5.74) is 0.598. The van der Waals surface area contributed by atoms with Crippen molar-refractivity contribution >= 4 is 21.4 Å². The lowest BCUT2D eigenvalue weighted by atomic mass is 10.4. The van der Waals surface area contributed by atoms with Crippen LogP contribution in [0.1, 0.15) is 12.5 Å². The molecule has 4 nitrogen and oxygen atoms in total. The lowest BCUT2D eigenvalue weighted by molar-refractivity contribution is 0.282. The SMILES string of the molecule is C#CCN(CC)S(=O)(=O)c1cc(CO)cs1. The second kappa shape index (κ2) is 5.46. The molecular weight excluding hydrogens is 246 g/mol. The Kier molecular flexibility index (Phi) is 4.50. The van der Waals surface area contributed by atoms with Gasteiger partial charge in [0.1, 0.15) is 4.21 Å². The number of hydrogen-bond donors (Lipinski definition) is 1. The largest absolute Gasteiger partial charge is 0.392 e. The molecule has 0 saturated heterocycles. The monoisotopic (exact) mass is 259 g/mol. The Bertz CT molecular complexity index is 484. The van der Waals surface area contributed by atoms with Gasteiger partial charge in [-0.3, -0.25) is 0 Å². The van der Waals surface area contributed by atoms with Crippen molar-refractivity contribution in [3.05, 3.63) is 17.0 Å². The molecule has 0 saturated carbocycles. The molecule has 0 radical (unpaired) electrons. The summed E-state index contributed by atoms with van der Waals surface area (Å²) in [6.45, 7) is 1.97. The van der Waals surface area contributed by atoms with Gasteiger partial charge in [-0.2, -0.15) is 4.31 Å². The van der Waals surface area contributed by atoms with E-state index in [4.69, 9.17) is 11.5 Å². The molecule has 0 aliphatic carbocycles. The van der Waals surface area contributed by atoms with Gasteiger partial charge < -0.3 is 5.11 Å². The summed E-state index contributed by atoms with van der Waals surface area (Å²) in [5.74, 6) is 2.32. The van der Waals surface area contributed by atoms with Crippen LogP contribution in [-0.4, -0.2) is 30.9 Å². The van der Waals surface area contributed by atoms with E-state index in [1.807, 2.05) is 0 Å². The van der Waals surface area contributed by atoms with Gasteiger partial charge in [0.2, 0.25) is 0 Å². The van der Waals surface area contributed by atoms with Crippen molar-refractivity contribution in [3.8, 4) is 12.3 Å². The second-order valence-electron chi connectivity index (χ2n) is 3.07. The van der Waals surface area contributed by atoms with Crippen molar-refractivity contribution in [2.75, 3.05) is 13.1 Å². The summed E-state index contributed by atoms with van der Waals surface area (Å²) >= 11 is 1.09. The van der Waals surface area contributed by atoms with Crippen LogP contribution in [-0.2, 0) is 16.6 Å². The Hall–Kier alpha value is -0.870. The third kappa shape index (κ3) is 2.62. The van der Waals surface area contributed by atoms with Crippen LogP contribution in [0.5, 0.6) is 0 Å². The van der Waals surface area contributed by atoms with Crippen molar-refractivity contribution in [2.45, 2.75) is 17.7 Å². The Morgan fingerprint density at radius 2 is 2.31 bits per heavy atom. The fraction of sp³-hybridized carbons (Fsp3) is 0.400. The molecule has 0 atom stereocenters. The van der Waals surface area contributed by atoms with Gasteiger partial charge in [0.25, 0.3) is 10.0 Å². The highest BCUT2D eigenvalue weighted by Gasteiger charge is 2.23. The van der Waals surface area contributed by atoms with E-state index in [1.165, 1.54) is 10.4 Å². The molecule has 0 amide bonds. The molecule has 0 bridgehead atoms. The maximum atomic E-state index is 12.0. The van der Waals surface area contributed by atoms with E-state index in [0.29, 0.717) is 12.1 Å². The Labute approximate surface area is 99.6 Å². The molecule has 1 aromatic heterocycles. The minimum absolute atomic E-state index is 0.0607. The Morgan fingerprint density at radius 1 is 1.62 bits per heavy atom. The lowest BCUT2D eigenvalue weighted by Gasteiger charge is -2.16.